The van der Waals surface area contributed by atoms with Crippen LogP contribution < -0.4 is 35.2 Å². The minimum atomic E-state index is -4.69. The third-order valence-corrected chi connectivity index (χ3v) is 11.8. The van der Waals surface area contributed by atoms with Gasteiger partial charge in [-0.1, -0.05) is 146 Å². The van der Waals surface area contributed by atoms with E-state index in [9.17, 15) is 0 Å². The lowest BCUT2D eigenvalue weighted by Gasteiger charge is -2.21. The molecule has 0 aromatic heterocycles. The molecule has 4 aromatic carbocycles. The van der Waals surface area contributed by atoms with Crippen molar-refractivity contribution in [1.29, 1.82) is 0 Å². The smallest absolute Gasteiger partial charge is 0.0777 e. The van der Waals surface area contributed by atoms with Crippen molar-refractivity contribution in [3.63, 3.8) is 0 Å². The molecule has 1 N–H and O–H groups in total. The quantitative estimate of drug-likeness (QED) is 0.166. The van der Waals surface area contributed by atoms with E-state index in [0.29, 0.717) is 0 Å². The van der Waals surface area contributed by atoms with Gasteiger partial charge in [0, 0.05) is 0 Å². The lowest BCUT2D eigenvalue weighted by Crippen LogP contribution is -2.58. The van der Waals surface area contributed by atoms with Gasteiger partial charge in [0.25, 0.3) is 0 Å². The van der Waals surface area contributed by atoms with Crippen molar-refractivity contribution in [3.05, 3.63) is 146 Å². The maximum absolute atomic E-state index is 8.60. The SMILES string of the molecule is C1=C\CC/C=C\CC/1.[O-][Cl+3]([O-])([O-])O.c1ccc(P(CCCCP(c2ccccc2)c2ccccc2)c2ccccc2)cc1. The number of unbranched alkanes of at least 4 members (excludes halogenated alkanes) is 1. The molecule has 0 bridgehead atoms. The zero-order chi connectivity index (χ0) is 30.6. The highest BCUT2D eigenvalue weighted by Crippen LogP contribution is 2.38. The second-order valence-corrected chi connectivity index (χ2v) is 15.3. The monoisotopic (exact) mass is 634 g/mol. The van der Waals surface area contributed by atoms with E-state index in [0.717, 1.165) is 0 Å². The Morgan fingerprint density at radius 1 is 0.442 bits per heavy atom. The molecule has 0 amide bonds. The molecule has 0 saturated carbocycles. The van der Waals surface area contributed by atoms with Crippen LogP contribution in [-0.4, -0.2) is 17.0 Å². The van der Waals surface area contributed by atoms with Gasteiger partial charge in [-0.25, -0.2) is 0 Å². The van der Waals surface area contributed by atoms with Crippen molar-refractivity contribution in [1.82, 2.24) is 0 Å². The third-order valence-electron chi connectivity index (χ3n) is 6.62. The van der Waals surface area contributed by atoms with E-state index in [4.69, 9.17) is 18.6 Å². The molecular weight excluding hydrogens is 594 g/mol. The molecule has 0 fully saturated rings. The molecule has 4 nitrogen and oxygen atoms in total. The Hall–Kier alpha value is -2.65. The fraction of sp³-hybridized carbons (Fsp3) is 0.222. The lowest BCUT2D eigenvalue weighted by atomic mass is 10.1. The zero-order valence-corrected chi connectivity index (χ0v) is 27.0. The first-order chi connectivity index (χ1) is 20.9. The first-order valence-corrected chi connectivity index (χ1v) is 18.9. The Bertz CT molecular complexity index is 1120. The van der Waals surface area contributed by atoms with Gasteiger partial charge in [0.2, 0.25) is 0 Å². The molecule has 0 saturated heterocycles. The fourth-order valence-electron chi connectivity index (χ4n) is 4.64. The largest absolute Gasteiger partial charge is 0.183 e. The first kappa shape index (κ1) is 34.8. The molecule has 1 aliphatic carbocycles. The van der Waals surface area contributed by atoms with E-state index in [1.54, 1.807) is 0 Å². The van der Waals surface area contributed by atoms with Crippen LogP contribution in [0.25, 0.3) is 0 Å². The van der Waals surface area contributed by atoms with Crippen LogP contribution in [0.15, 0.2) is 146 Å². The highest BCUT2D eigenvalue weighted by molar-refractivity contribution is 7.73. The van der Waals surface area contributed by atoms with Crippen LogP contribution in [-0.2, 0) is 0 Å². The average molecular weight is 635 g/mol. The summed E-state index contributed by atoms with van der Waals surface area (Å²) in [5.41, 5.74) is 0. The molecule has 4 aromatic rings. The maximum atomic E-state index is 8.60. The van der Waals surface area contributed by atoms with Crippen LogP contribution in [0, 0.1) is 10.2 Å². The Morgan fingerprint density at radius 3 is 0.860 bits per heavy atom. The van der Waals surface area contributed by atoms with Gasteiger partial charge in [-0.3, -0.25) is 0 Å². The summed E-state index contributed by atoms with van der Waals surface area (Å²) < 4.78 is 32.7. The van der Waals surface area contributed by atoms with E-state index in [1.807, 2.05) is 0 Å². The second kappa shape index (κ2) is 20.3. The van der Waals surface area contributed by atoms with Gasteiger partial charge < -0.3 is 0 Å². The van der Waals surface area contributed by atoms with Crippen LogP contribution in [0.3, 0.4) is 0 Å². The highest BCUT2D eigenvalue weighted by Gasteiger charge is 2.16. The third kappa shape index (κ3) is 15.1. The van der Waals surface area contributed by atoms with Gasteiger partial charge in [-0.2, -0.15) is 14.0 Å². The predicted molar refractivity (Wildman–Crippen MR) is 176 cm³/mol. The molecule has 7 heteroatoms. The van der Waals surface area contributed by atoms with Crippen molar-refractivity contribution in [2.75, 3.05) is 12.3 Å². The Kier molecular flexibility index (Phi) is 16.5. The standard InChI is InChI=1S/C28H28P2.C8H12.ClHO4/c1-5-15-25(16-6-1)29(26-17-7-2-8-18-26)23-13-14-24-30(27-19-9-3-10-20-27)28-21-11-4-12-22-28;1-2-4-6-8-7-5-3-1;2-1(3,4)5/h1-12,15-22H,13-14,23-24H2;1-2,7-8H,3-6H2;(H,2,3,4,5)/b;2-1-,8-7-;. The zero-order valence-electron chi connectivity index (χ0n) is 24.5. The minimum Gasteiger partial charge on any atom is -0.183 e. The van der Waals surface area contributed by atoms with Crippen LogP contribution in [0.4, 0.5) is 0 Å². The number of hydrogen-bond donors (Lipinski definition) is 1. The molecule has 0 spiro atoms. The maximum Gasteiger partial charge on any atom is 0.0777 e. The molecule has 1 aliphatic rings. The summed E-state index contributed by atoms with van der Waals surface area (Å²) in [7, 11) is -5.26. The summed E-state index contributed by atoms with van der Waals surface area (Å²) in [5, 5.41) is 5.97. The number of benzene rings is 4. The molecule has 0 atom stereocenters. The van der Waals surface area contributed by atoms with E-state index in [1.165, 1.54) is 72.1 Å². The number of halogens is 1. The van der Waals surface area contributed by atoms with Crippen molar-refractivity contribution < 1.29 is 28.9 Å². The topological polar surface area (TPSA) is 89.4 Å². The summed E-state index contributed by atoms with van der Waals surface area (Å²) in [4.78, 5) is 0. The highest BCUT2D eigenvalue weighted by atomic mass is 35.7. The normalized spacial score (nSPS) is 14.4. The summed E-state index contributed by atoms with van der Waals surface area (Å²) in [5.74, 6) is 0. The number of allylic oxidation sites excluding steroid dienone is 4. The van der Waals surface area contributed by atoms with E-state index in [2.05, 4.69) is 146 Å². The molecule has 5 rings (SSSR count). The second-order valence-electron chi connectivity index (χ2n) is 9.85. The molecule has 226 valence electrons. The van der Waals surface area contributed by atoms with Crippen LogP contribution in [0.1, 0.15) is 38.5 Å². The number of hydrogen-bond acceptors (Lipinski definition) is 4. The predicted octanol–water partition coefficient (Wildman–Crippen LogP) is 4.58. The molecule has 0 aliphatic heterocycles. The van der Waals surface area contributed by atoms with E-state index >= 15 is 0 Å². The van der Waals surface area contributed by atoms with Gasteiger partial charge in [0.1, 0.15) is 0 Å². The summed E-state index contributed by atoms with van der Waals surface area (Å²) >= 11 is 0. The van der Waals surface area contributed by atoms with Crippen molar-refractivity contribution in [3.8, 4) is 0 Å². The van der Waals surface area contributed by atoms with Gasteiger partial charge in [-0.05, 0) is 87.9 Å². The Labute approximate surface area is 261 Å². The summed E-state index contributed by atoms with van der Waals surface area (Å²) in [6, 6.07) is 44.3. The first-order valence-electron chi connectivity index (χ1n) is 14.6. The van der Waals surface area contributed by atoms with Gasteiger partial charge in [-0.15, -0.1) is 0 Å². The van der Waals surface area contributed by atoms with Crippen LogP contribution in [0.2, 0.25) is 0 Å². The Balaban J connectivity index is 0.000000323. The summed E-state index contributed by atoms with van der Waals surface area (Å²) in [6.07, 6.45) is 19.1. The fourth-order valence-corrected chi connectivity index (χ4v) is 9.48. The molecular formula is C36H41ClO4P2. The summed E-state index contributed by atoms with van der Waals surface area (Å²) in [6.45, 7) is 0. The van der Waals surface area contributed by atoms with E-state index in [-0.39, 0.29) is 15.8 Å². The number of rotatable bonds is 9. The molecule has 0 heterocycles. The van der Waals surface area contributed by atoms with Crippen molar-refractivity contribution >= 4 is 37.1 Å². The Morgan fingerprint density at radius 2 is 0.651 bits per heavy atom. The van der Waals surface area contributed by atoms with Gasteiger partial charge in [0.15, 0.2) is 0 Å². The van der Waals surface area contributed by atoms with Crippen LogP contribution in [0.5, 0.6) is 0 Å². The van der Waals surface area contributed by atoms with Crippen molar-refractivity contribution in [2.45, 2.75) is 38.5 Å². The molecule has 0 unspecified atom stereocenters. The average Bonchev–Trinajstić information content (AvgIpc) is 3.00. The lowest BCUT2D eigenvalue weighted by molar-refractivity contribution is -1.92. The van der Waals surface area contributed by atoms with Gasteiger partial charge in [0.05, 0.1) is 14.9 Å². The van der Waals surface area contributed by atoms with Gasteiger partial charge >= 0.3 is 0 Å². The molecule has 0 radical (unpaired) electrons. The van der Waals surface area contributed by atoms with Crippen LogP contribution >= 0.6 is 15.8 Å². The van der Waals surface area contributed by atoms with E-state index < -0.39 is 10.2 Å². The molecule has 43 heavy (non-hydrogen) atoms. The minimum absolute atomic E-state index is 0.283. The van der Waals surface area contributed by atoms with Crippen molar-refractivity contribution in [2.24, 2.45) is 0 Å².